The zero-order valence-corrected chi connectivity index (χ0v) is 17.2. The van der Waals surface area contributed by atoms with Gasteiger partial charge in [0.15, 0.2) is 0 Å². The molecule has 0 aromatic heterocycles. The molecular weight excluding hydrogens is 364 g/mol. The van der Waals surface area contributed by atoms with Crippen LogP contribution in [-0.4, -0.2) is 17.9 Å². The first-order valence-electron chi connectivity index (χ1n) is 10.5. The van der Waals surface area contributed by atoms with E-state index in [1.807, 2.05) is 61.5 Å². The number of hydrogen-bond donors (Lipinski definition) is 2. The number of anilines is 1. The van der Waals surface area contributed by atoms with Gasteiger partial charge in [-0.15, -0.1) is 0 Å². The molecule has 1 unspecified atom stereocenters. The van der Waals surface area contributed by atoms with Gasteiger partial charge in [-0.25, -0.2) is 0 Å². The molecule has 29 heavy (non-hydrogen) atoms. The SMILES string of the molecule is CCC(C)NC(=O)C1CCC(C(=O)Nc2ccc(Oc3ccccc3)cc2)CC1. The zero-order valence-electron chi connectivity index (χ0n) is 17.2. The standard InChI is InChI=1S/C24H30N2O3/c1-3-17(2)25-23(27)18-9-11-19(12-10-18)24(28)26-20-13-15-22(16-14-20)29-21-7-5-4-6-8-21/h4-8,13-19H,3,9-12H2,1-2H3,(H,25,27)(H,26,28). The second-order valence-corrected chi connectivity index (χ2v) is 7.80. The van der Waals surface area contributed by atoms with E-state index < -0.39 is 0 Å². The second-order valence-electron chi connectivity index (χ2n) is 7.80. The second kappa shape index (κ2) is 10.1. The highest BCUT2D eigenvalue weighted by Crippen LogP contribution is 2.30. The first-order valence-corrected chi connectivity index (χ1v) is 10.5. The average molecular weight is 395 g/mol. The van der Waals surface area contributed by atoms with Crippen molar-refractivity contribution in [2.24, 2.45) is 11.8 Å². The monoisotopic (exact) mass is 394 g/mol. The summed E-state index contributed by atoms with van der Waals surface area (Å²) in [7, 11) is 0. The molecule has 1 saturated carbocycles. The van der Waals surface area contributed by atoms with E-state index in [1.165, 1.54) is 0 Å². The van der Waals surface area contributed by atoms with Crippen molar-refractivity contribution in [3.8, 4) is 11.5 Å². The van der Waals surface area contributed by atoms with Crippen LogP contribution in [0.2, 0.25) is 0 Å². The highest BCUT2D eigenvalue weighted by molar-refractivity contribution is 5.92. The fraction of sp³-hybridized carbons (Fsp3) is 0.417. The highest BCUT2D eigenvalue weighted by atomic mass is 16.5. The van der Waals surface area contributed by atoms with Crippen LogP contribution >= 0.6 is 0 Å². The predicted molar refractivity (Wildman–Crippen MR) is 115 cm³/mol. The van der Waals surface area contributed by atoms with Crippen molar-refractivity contribution in [2.75, 3.05) is 5.32 Å². The lowest BCUT2D eigenvalue weighted by atomic mass is 9.81. The zero-order chi connectivity index (χ0) is 20.6. The van der Waals surface area contributed by atoms with E-state index in [4.69, 9.17) is 4.74 Å². The molecule has 2 N–H and O–H groups in total. The maximum Gasteiger partial charge on any atom is 0.227 e. The van der Waals surface area contributed by atoms with Gasteiger partial charge in [-0.2, -0.15) is 0 Å². The summed E-state index contributed by atoms with van der Waals surface area (Å²) in [6, 6.07) is 17.2. The Morgan fingerprint density at radius 1 is 0.897 bits per heavy atom. The molecule has 0 spiro atoms. The van der Waals surface area contributed by atoms with E-state index in [2.05, 4.69) is 17.6 Å². The number of carbonyl (C=O) groups excluding carboxylic acids is 2. The highest BCUT2D eigenvalue weighted by Gasteiger charge is 2.30. The van der Waals surface area contributed by atoms with Crippen LogP contribution in [0.15, 0.2) is 54.6 Å². The number of ether oxygens (including phenoxy) is 1. The maximum absolute atomic E-state index is 12.6. The number of nitrogens with one attached hydrogen (secondary N) is 2. The van der Waals surface area contributed by atoms with Gasteiger partial charge < -0.3 is 15.4 Å². The van der Waals surface area contributed by atoms with Gasteiger partial charge in [0.1, 0.15) is 11.5 Å². The van der Waals surface area contributed by atoms with Gasteiger partial charge in [0, 0.05) is 23.6 Å². The van der Waals surface area contributed by atoms with Gasteiger partial charge >= 0.3 is 0 Å². The predicted octanol–water partition coefficient (Wildman–Crippen LogP) is 5.14. The van der Waals surface area contributed by atoms with Crippen LogP contribution in [-0.2, 0) is 9.59 Å². The summed E-state index contributed by atoms with van der Waals surface area (Å²) in [4.78, 5) is 24.9. The number of benzene rings is 2. The Morgan fingerprint density at radius 2 is 1.45 bits per heavy atom. The van der Waals surface area contributed by atoms with Crippen molar-refractivity contribution < 1.29 is 14.3 Å². The van der Waals surface area contributed by atoms with Crippen molar-refractivity contribution in [3.63, 3.8) is 0 Å². The Hall–Kier alpha value is -2.82. The van der Waals surface area contributed by atoms with E-state index in [1.54, 1.807) is 0 Å². The lowest BCUT2D eigenvalue weighted by molar-refractivity contribution is -0.129. The van der Waals surface area contributed by atoms with E-state index in [-0.39, 0.29) is 29.7 Å². The summed E-state index contributed by atoms with van der Waals surface area (Å²) >= 11 is 0. The maximum atomic E-state index is 12.6. The molecule has 0 radical (unpaired) electrons. The molecule has 2 aromatic carbocycles. The Bertz CT molecular complexity index is 797. The lowest BCUT2D eigenvalue weighted by Crippen LogP contribution is -2.39. The number of rotatable bonds is 7. The molecule has 0 bridgehead atoms. The Morgan fingerprint density at radius 3 is 2.03 bits per heavy atom. The molecule has 1 fully saturated rings. The van der Waals surface area contributed by atoms with Crippen molar-refractivity contribution in [1.29, 1.82) is 0 Å². The van der Waals surface area contributed by atoms with Crippen LogP contribution in [0.25, 0.3) is 0 Å². The number of carbonyl (C=O) groups is 2. The fourth-order valence-corrected chi connectivity index (χ4v) is 3.56. The molecule has 1 atom stereocenters. The van der Waals surface area contributed by atoms with Crippen LogP contribution in [0.1, 0.15) is 46.0 Å². The normalized spacial score (nSPS) is 19.8. The number of amides is 2. The van der Waals surface area contributed by atoms with Gasteiger partial charge in [0.2, 0.25) is 11.8 Å². The first kappa shape index (κ1) is 20.9. The molecule has 2 amide bonds. The van der Waals surface area contributed by atoms with Crippen LogP contribution in [0.5, 0.6) is 11.5 Å². The molecule has 5 heteroatoms. The van der Waals surface area contributed by atoms with Gasteiger partial charge in [-0.3, -0.25) is 9.59 Å². The van der Waals surface area contributed by atoms with Gasteiger partial charge in [0.25, 0.3) is 0 Å². The van der Waals surface area contributed by atoms with E-state index in [0.717, 1.165) is 49.3 Å². The van der Waals surface area contributed by atoms with E-state index >= 15 is 0 Å². The molecule has 5 nitrogen and oxygen atoms in total. The summed E-state index contributed by atoms with van der Waals surface area (Å²) in [5.74, 6) is 1.65. The van der Waals surface area contributed by atoms with Crippen molar-refractivity contribution in [3.05, 3.63) is 54.6 Å². The first-order chi connectivity index (χ1) is 14.0. The molecule has 154 valence electrons. The Kier molecular flexibility index (Phi) is 7.28. The fourth-order valence-electron chi connectivity index (χ4n) is 3.56. The molecule has 1 aliphatic rings. The minimum absolute atomic E-state index is 0.0301. The van der Waals surface area contributed by atoms with Crippen molar-refractivity contribution in [2.45, 2.75) is 52.0 Å². The van der Waals surface area contributed by atoms with Crippen LogP contribution in [0.3, 0.4) is 0 Å². The minimum atomic E-state index is -0.0390. The Balaban J connectivity index is 1.46. The lowest BCUT2D eigenvalue weighted by Gasteiger charge is -2.28. The molecule has 0 aliphatic heterocycles. The average Bonchev–Trinajstić information content (AvgIpc) is 2.75. The summed E-state index contributed by atoms with van der Waals surface area (Å²) in [6.07, 6.45) is 3.96. The smallest absolute Gasteiger partial charge is 0.227 e. The third-order valence-corrected chi connectivity index (χ3v) is 5.57. The molecular formula is C24H30N2O3. The topological polar surface area (TPSA) is 67.4 Å². The van der Waals surface area contributed by atoms with Crippen molar-refractivity contribution >= 4 is 17.5 Å². The quantitative estimate of drug-likeness (QED) is 0.683. The largest absolute Gasteiger partial charge is 0.457 e. The molecule has 3 rings (SSSR count). The molecule has 1 aliphatic carbocycles. The molecule has 0 heterocycles. The van der Waals surface area contributed by atoms with Gasteiger partial charge in [-0.1, -0.05) is 25.1 Å². The summed E-state index contributed by atoms with van der Waals surface area (Å²) in [5.41, 5.74) is 0.757. The van der Waals surface area contributed by atoms with Crippen LogP contribution in [0, 0.1) is 11.8 Å². The van der Waals surface area contributed by atoms with E-state index in [9.17, 15) is 9.59 Å². The summed E-state index contributed by atoms with van der Waals surface area (Å²) in [6.45, 7) is 4.08. The van der Waals surface area contributed by atoms with Gasteiger partial charge in [0.05, 0.1) is 0 Å². The third-order valence-electron chi connectivity index (χ3n) is 5.57. The van der Waals surface area contributed by atoms with Gasteiger partial charge in [-0.05, 0) is 75.4 Å². The molecule has 0 saturated heterocycles. The third kappa shape index (κ3) is 6.08. The minimum Gasteiger partial charge on any atom is -0.457 e. The summed E-state index contributed by atoms with van der Waals surface area (Å²) < 4.78 is 5.77. The van der Waals surface area contributed by atoms with E-state index in [0.29, 0.717) is 0 Å². The Labute approximate surface area is 172 Å². The summed E-state index contributed by atoms with van der Waals surface area (Å²) in [5, 5.41) is 6.05. The number of para-hydroxylation sites is 1. The molecule has 2 aromatic rings. The van der Waals surface area contributed by atoms with Crippen LogP contribution in [0.4, 0.5) is 5.69 Å². The van der Waals surface area contributed by atoms with Crippen LogP contribution < -0.4 is 15.4 Å². The van der Waals surface area contributed by atoms with Crippen molar-refractivity contribution in [1.82, 2.24) is 5.32 Å². The number of hydrogen-bond acceptors (Lipinski definition) is 3.